The van der Waals surface area contributed by atoms with E-state index in [1.54, 1.807) is 33.3 Å². The van der Waals surface area contributed by atoms with Gasteiger partial charge in [0, 0.05) is 29.3 Å². The number of esters is 1. The van der Waals surface area contributed by atoms with E-state index in [0.29, 0.717) is 52.7 Å². The van der Waals surface area contributed by atoms with Crippen LogP contribution in [-0.4, -0.2) is 44.8 Å². The molecule has 4 rings (SSSR count). The van der Waals surface area contributed by atoms with Gasteiger partial charge in [-0.1, -0.05) is 12.1 Å². The molecule has 2 aliphatic rings. The Hall–Kier alpha value is -3.94. The van der Waals surface area contributed by atoms with E-state index in [1.165, 1.54) is 13.2 Å². The molecule has 0 fully saturated rings. The minimum atomic E-state index is -0.646. The molecule has 0 amide bonds. The first-order chi connectivity index (χ1) is 17.3. The smallest absolute Gasteiger partial charge is 0.336 e. The van der Waals surface area contributed by atoms with E-state index in [-0.39, 0.29) is 23.9 Å². The lowest BCUT2D eigenvalue weighted by molar-refractivity contribution is -0.136. The standard InChI is InChI=1S/C28H31NO7/c1-6-36-23-14-17(7-9-20(23)30)26-25(28(32)35-5)15(2)29-19-11-18(12-21(31)27(19)26)16-8-10-22(33-3)24(13-16)34-4/h7-10,13-14,18,26,29-30H,6,11-12H2,1-5H3/t18-,26-/m1/s1. The van der Waals surface area contributed by atoms with Crippen molar-refractivity contribution in [3.63, 3.8) is 0 Å². The van der Waals surface area contributed by atoms with Crippen LogP contribution in [0, 0.1) is 0 Å². The van der Waals surface area contributed by atoms with Crippen LogP contribution in [0.1, 0.15) is 49.7 Å². The van der Waals surface area contributed by atoms with Crippen LogP contribution in [-0.2, 0) is 14.3 Å². The number of ether oxygens (including phenoxy) is 4. The summed E-state index contributed by atoms with van der Waals surface area (Å²) in [5, 5.41) is 13.5. The Morgan fingerprint density at radius 3 is 2.36 bits per heavy atom. The molecular formula is C28H31NO7. The van der Waals surface area contributed by atoms with Gasteiger partial charge in [0.25, 0.3) is 0 Å². The van der Waals surface area contributed by atoms with Crippen LogP contribution in [0.5, 0.6) is 23.0 Å². The van der Waals surface area contributed by atoms with E-state index in [0.717, 1.165) is 11.3 Å². The van der Waals surface area contributed by atoms with Crippen LogP contribution in [0.2, 0.25) is 0 Å². The summed E-state index contributed by atoms with van der Waals surface area (Å²) in [6.45, 7) is 3.99. The van der Waals surface area contributed by atoms with Crippen LogP contribution in [0.4, 0.5) is 0 Å². The maximum atomic E-state index is 13.7. The molecule has 1 heterocycles. The second kappa shape index (κ2) is 10.4. The maximum Gasteiger partial charge on any atom is 0.336 e. The number of ketones is 1. The fourth-order valence-corrected chi connectivity index (χ4v) is 5.08. The van der Waals surface area contributed by atoms with Crippen LogP contribution in [0.15, 0.2) is 58.9 Å². The Balaban J connectivity index is 1.80. The van der Waals surface area contributed by atoms with E-state index in [4.69, 9.17) is 18.9 Å². The van der Waals surface area contributed by atoms with Crippen molar-refractivity contribution >= 4 is 11.8 Å². The summed E-state index contributed by atoms with van der Waals surface area (Å²) < 4.78 is 21.5. The van der Waals surface area contributed by atoms with Crippen molar-refractivity contribution in [3.05, 3.63) is 70.1 Å². The third kappa shape index (κ3) is 4.51. The maximum absolute atomic E-state index is 13.7. The van der Waals surface area contributed by atoms with Crippen molar-refractivity contribution in [2.75, 3.05) is 27.9 Å². The molecule has 2 aromatic rings. The zero-order valence-electron chi connectivity index (χ0n) is 21.1. The highest BCUT2D eigenvalue weighted by atomic mass is 16.5. The molecular weight excluding hydrogens is 462 g/mol. The molecule has 0 bridgehead atoms. The first-order valence-electron chi connectivity index (χ1n) is 11.8. The van der Waals surface area contributed by atoms with Crippen LogP contribution in [0.3, 0.4) is 0 Å². The average Bonchev–Trinajstić information content (AvgIpc) is 2.88. The molecule has 8 nitrogen and oxygen atoms in total. The number of hydrogen-bond donors (Lipinski definition) is 2. The number of phenolic OH excluding ortho intramolecular Hbond substituents is 1. The van der Waals surface area contributed by atoms with Gasteiger partial charge < -0.3 is 29.4 Å². The summed E-state index contributed by atoms with van der Waals surface area (Å²) >= 11 is 0. The summed E-state index contributed by atoms with van der Waals surface area (Å²) in [5.74, 6) is 0.219. The molecule has 0 spiro atoms. The SMILES string of the molecule is CCOc1cc([C@@H]2C(C(=O)OC)=C(C)NC3=C2C(=O)C[C@H](c2ccc(OC)c(OC)c2)C3)ccc1O. The Labute approximate surface area is 210 Å². The van der Waals surface area contributed by atoms with Gasteiger partial charge in [0.1, 0.15) is 0 Å². The third-order valence-corrected chi connectivity index (χ3v) is 6.73. The summed E-state index contributed by atoms with van der Waals surface area (Å²) in [5.41, 5.74) is 3.93. The van der Waals surface area contributed by atoms with E-state index < -0.39 is 11.9 Å². The summed E-state index contributed by atoms with van der Waals surface area (Å²) in [6, 6.07) is 10.6. The first-order valence-corrected chi connectivity index (χ1v) is 11.8. The number of rotatable bonds is 7. The molecule has 36 heavy (non-hydrogen) atoms. The molecule has 0 saturated heterocycles. The number of Topliss-reactive ketones (excluding diaryl/α,β-unsaturated/α-hetero) is 1. The van der Waals surface area contributed by atoms with Gasteiger partial charge in [-0.25, -0.2) is 4.79 Å². The van der Waals surface area contributed by atoms with Crippen molar-refractivity contribution in [2.24, 2.45) is 0 Å². The normalized spacial score (nSPS) is 19.4. The van der Waals surface area contributed by atoms with Gasteiger partial charge in [-0.05, 0) is 61.6 Å². The molecule has 2 atom stereocenters. The minimum Gasteiger partial charge on any atom is -0.504 e. The van der Waals surface area contributed by atoms with Crippen LogP contribution in [0.25, 0.3) is 0 Å². The lowest BCUT2D eigenvalue weighted by Crippen LogP contribution is -2.36. The molecule has 0 unspecified atom stereocenters. The van der Waals surface area contributed by atoms with Crippen molar-refractivity contribution < 1.29 is 33.6 Å². The summed E-state index contributed by atoms with van der Waals surface area (Å²) in [4.78, 5) is 26.6. The fourth-order valence-electron chi connectivity index (χ4n) is 5.08. The zero-order chi connectivity index (χ0) is 26.0. The van der Waals surface area contributed by atoms with Gasteiger partial charge >= 0.3 is 5.97 Å². The predicted octanol–water partition coefficient (Wildman–Crippen LogP) is 4.34. The van der Waals surface area contributed by atoms with Gasteiger partial charge in [-0.15, -0.1) is 0 Å². The van der Waals surface area contributed by atoms with E-state index in [1.807, 2.05) is 25.1 Å². The number of benzene rings is 2. The fraction of sp³-hybridized carbons (Fsp3) is 0.357. The Morgan fingerprint density at radius 1 is 1.00 bits per heavy atom. The zero-order valence-corrected chi connectivity index (χ0v) is 21.1. The number of dihydropyridines is 1. The summed E-state index contributed by atoms with van der Waals surface area (Å²) in [7, 11) is 4.49. The molecule has 1 aliphatic heterocycles. The van der Waals surface area contributed by atoms with Crippen molar-refractivity contribution in [1.29, 1.82) is 0 Å². The van der Waals surface area contributed by atoms with E-state index >= 15 is 0 Å². The molecule has 0 radical (unpaired) electrons. The molecule has 0 saturated carbocycles. The Morgan fingerprint density at radius 2 is 1.69 bits per heavy atom. The minimum absolute atomic E-state index is 0.00690. The van der Waals surface area contributed by atoms with Gasteiger partial charge in [-0.3, -0.25) is 4.79 Å². The van der Waals surface area contributed by atoms with Gasteiger partial charge in [0.15, 0.2) is 28.8 Å². The van der Waals surface area contributed by atoms with E-state index in [9.17, 15) is 14.7 Å². The lowest BCUT2D eigenvalue weighted by atomic mass is 9.71. The highest BCUT2D eigenvalue weighted by Gasteiger charge is 2.41. The van der Waals surface area contributed by atoms with Crippen molar-refractivity contribution in [3.8, 4) is 23.0 Å². The number of methoxy groups -OCH3 is 3. The second-order valence-electron chi connectivity index (χ2n) is 8.78. The molecule has 0 aromatic heterocycles. The molecule has 2 N–H and O–H groups in total. The van der Waals surface area contributed by atoms with Crippen molar-refractivity contribution in [2.45, 2.75) is 38.5 Å². The topological polar surface area (TPSA) is 103 Å². The second-order valence-corrected chi connectivity index (χ2v) is 8.78. The molecule has 1 aliphatic carbocycles. The van der Waals surface area contributed by atoms with Crippen molar-refractivity contribution in [1.82, 2.24) is 5.32 Å². The number of allylic oxidation sites excluding steroid dienone is 3. The lowest BCUT2D eigenvalue weighted by Gasteiger charge is -2.36. The number of phenols is 1. The largest absolute Gasteiger partial charge is 0.504 e. The Kier molecular flexibility index (Phi) is 7.24. The highest BCUT2D eigenvalue weighted by Crippen LogP contribution is 2.47. The summed E-state index contributed by atoms with van der Waals surface area (Å²) in [6.07, 6.45) is 0.853. The number of carbonyl (C=O) groups is 2. The first kappa shape index (κ1) is 25.2. The molecule has 8 heteroatoms. The number of hydrogen-bond acceptors (Lipinski definition) is 8. The third-order valence-electron chi connectivity index (χ3n) is 6.73. The number of aromatic hydroxyl groups is 1. The predicted molar refractivity (Wildman–Crippen MR) is 133 cm³/mol. The Bertz CT molecular complexity index is 1260. The highest BCUT2D eigenvalue weighted by molar-refractivity contribution is 6.04. The van der Waals surface area contributed by atoms with Crippen LogP contribution < -0.4 is 19.5 Å². The monoisotopic (exact) mass is 493 g/mol. The van der Waals surface area contributed by atoms with Gasteiger partial charge in [0.2, 0.25) is 0 Å². The average molecular weight is 494 g/mol. The van der Waals surface area contributed by atoms with Crippen LogP contribution >= 0.6 is 0 Å². The molecule has 2 aromatic carbocycles. The van der Waals surface area contributed by atoms with Gasteiger partial charge in [-0.2, -0.15) is 0 Å². The van der Waals surface area contributed by atoms with E-state index in [2.05, 4.69) is 5.32 Å². The number of nitrogens with one attached hydrogen (secondary N) is 1. The number of carbonyl (C=O) groups excluding carboxylic acids is 2. The quantitative estimate of drug-likeness (QED) is 0.549. The van der Waals surface area contributed by atoms with Gasteiger partial charge in [0.05, 0.1) is 33.5 Å². The molecule has 190 valence electrons.